The number of rotatable bonds is 6. The van der Waals surface area contributed by atoms with Gasteiger partial charge in [-0.2, -0.15) is 0 Å². The van der Waals surface area contributed by atoms with Gasteiger partial charge >= 0.3 is 0 Å². The molecule has 0 aliphatic carbocycles. The average Bonchev–Trinajstić information content (AvgIpc) is 2.04. The van der Waals surface area contributed by atoms with Crippen LogP contribution in [0.4, 0.5) is 0 Å². The molecule has 0 heterocycles. The van der Waals surface area contributed by atoms with Gasteiger partial charge in [-0.05, 0) is 27.7 Å². The van der Waals surface area contributed by atoms with E-state index in [-0.39, 0.29) is 39.1 Å². The predicted molar refractivity (Wildman–Crippen MR) is 66.9 cm³/mol. The van der Waals surface area contributed by atoms with Gasteiger partial charge in [0.15, 0.2) is 0 Å². The summed E-state index contributed by atoms with van der Waals surface area (Å²) < 4.78 is 0. The first-order valence-electron chi connectivity index (χ1n) is 4.55. The highest BCUT2D eigenvalue weighted by atomic mass is 16.3. The molecule has 4 nitrogen and oxygen atoms in total. The summed E-state index contributed by atoms with van der Waals surface area (Å²) in [7, 11) is 0. The third kappa shape index (κ3) is 10.1. The van der Waals surface area contributed by atoms with Crippen molar-refractivity contribution >= 4 is 0 Å². The molecule has 15 heavy (non-hydrogen) atoms. The van der Waals surface area contributed by atoms with Gasteiger partial charge in [0.05, 0.1) is 13.2 Å². The Labute approximate surface area is 95.1 Å². The third-order valence-electron chi connectivity index (χ3n) is 1.92. The van der Waals surface area contributed by atoms with Crippen molar-refractivity contribution in [3.8, 4) is 0 Å². The van der Waals surface area contributed by atoms with Crippen molar-refractivity contribution in [1.82, 2.24) is 10.6 Å². The van der Waals surface area contributed by atoms with Crippen molar-refractivity contribution in [2.45, 2.75) is 53.6 Å². The van der Waals surface area contributed by atoms with Gasteiger partial charge in [0.2, 0.25) is 0 Å². The second-order valence-electron chi connectivity index (χ2n) is 4.61. The largest absolute Gasteiger partial charge is 0.394 e. The SMILES string of the molecule is C.C.CC(C)(CO)NCNC(C)(C)CO. The van der Waals surface area contributed by atoms with Crippen molar-refractivity contribution in [1.29, 1.82) is 0 Å². The van der Waals surface area contributed by atoms with Gasteiger partial charge in [-0.25, -0.2) is 0 Å². The number of hydrogen-bond donors (Lipinski definition) is 4. The normalized spacial score (nSPS) is 11.6. The standard InChI is InChI=1S/C9H22N2O2.2CH4/c1-8(2,5-12)10-7-11-9(3,4)6-13;;/h10-13H,5-7H2,1-4H3;2*1H4. The fraction of sp³-hybridized carbons (Fsp3) is 1.00. The van der Waals surface area contributed by atoms with Crippen molar-refractivity contribution < 1.29 is 10.2 Å². The molecule has 0 saturated carbocycles. The second-order valence-corrected chi connectivity index (χ2v) is 4.61. The Morgan fingerprint density at radius 3 is 1.27 bits per heavy atom. The van der Waals surface area contributed by atoms with Crippen LogP contribution in [-0.4, -0.2) is 41.2 Å². The minimum Gasteiger partial charge on any atom is -0.394 e. The van der Waals surface area contributed by atoms with E-state index in [2.05, 4.69) is 10.6 Å². The van der Waals surface area contributed by atoms with E-state index < -0.39 is 0 Å². The fourth-order valence-corrected chi connectivity index (χ4v) is 0.635. The molecule has 4 heteroatoms. The highest BCUT2D eigenvalue weighted by molar-refractivity contribution is 4.79. The minimum atomic E-state index is -0.279. The Balaban J connectivity index is -0.000000720. The number of hydrogen-bond acceptors (Lipinski definition) is 4. The summed E-state index contributed by atoms with van der Waals surface area (Å²) in [5, 5.41) is 24.1. The Morgan fingerprint density at radius 1 is 0.800 bits per heavy atom. The summed E-state index contributed by atoms with van der Waals surface area (Å²) >= 11 is 0. The van der Waals surface area contributed by atoms with E-state index in [9.17, 15) is 0 Å². The molecule has 0 atom stereocenters. The van der Waals surface area contributed by atoms with Crippen molar-refractivity contribution in [2.75, 3.05) is 19.9 Å². The fourth-order valence-electron chi connectivity index (χ4n) is 0.635. The Morgan fingerprint density at radius 2 is 1.07 bits per heavy atom. The van der Waals surface area contributed by atoms with Crippen molar-refractivity contribution in [3.05, 3.63) is 0 Å². The average molecular weight is 222 g/mol. The third-order valence-corrected chi connectivity index (χ3v) is 1.92. The Kier molecular flexibility index (Phi) is 10.9. The molecule has 0 aliphatic heterocycles. The van der Waals surface area contributed by atoms with E-state index in [1.54, 1.807) is 0 Å². The Bertz CT molecular complexity index is 132. The molecule has 0 spiro atoms. The zero-order valence-corrected chi connectivity index (χ0v) is 9.02. The van der Waals surface area contributed by atoms with E-state index in [1.807, 2.05) is 27.7 Å². The van der Waals surface area contributed by atoms with Crippen LogP contribution in [0.15, 0.2) is 0 Å². The molecule has 0 aromatic heterocycles. The molecule has 0 saturated heterocycles. The van der Waals surface area contributed by atoms with E-state index >= 15 is 0 Å². The quantitative estimate of drug-likeness (QED) is 0.505. The summed E-state index contributed by atoms with van der Waals surface area (Å²) in [6.07, 6.45) is 0. The molecule has 96 valence electrons. The lowest BCUT2D eigenvalue weighted by atomic mass is 10.1. The molecule has 0 amide bonds. The number of nitrogens with one attached hydrogen (secondary N) is 2. The summed E-state index contributed by atoms with van der Waals surface area (Å²) in [6.45, 7) is 8.42. The molecular formula is C11H30N2O2. The lowest BCUT2D eigenvalue weighted by Crippen LogP contribution is -2.53. The molecule has 0 aromatic carbocycles. The van der Waals surface area contributed by atoms with Crippen molar-refractivity contribution in [3.63, 3.8) is 0 Å². The van der Waals surface area contributed by atoms with Crippen LogP contribution in [0.2, 0.25) is 0 Å². The molecule has 0 unspecified atom stereocenters. The van der Waals surface area contributed by atoms with Crippen molar-refractivity contribution in [2.24, 2.45) is 0 Å². The first-order valence-corrected chi connectivity index (χ1v) is 4.55. The molecular weight excluding hydrogens is 192 g/mol. The van der Waals surface area contributed by atoms with Gasteiger partial charge < -0.3 is 10.2 Å². The van der Waals surface area contributed by atoms with Crippen LogP contribution >= 0.6 is 0 Å². The lowest BCUT2D eigenvalue weighted by Gasteiger charge is -2.29. The van der Waals surface area contributed by atoms with Crippen LogP contribution in [0.25, 0.3) is 0 Å². The smallest absolute Gasteiger partial charge is 0.0608 e. The van der Waals surface area contributed by atoms with Gasteiger partial charge in [-0.15, -0.1) is 0 Å². The maximum absolute atomic E-state index is 8.94. The molecule has 0 radical (unpaired) electrons. The summed E-state index contributed by atoms with van der Waals surface area (Å²) in [6, 6.07) is 0. The van der Waals surface area contributed by atoms with Crippen LogP contribution in [0.5, 0.6) is 0 Å². The molecule has 0 bridgehead atoms. The molecule has 0 rings (SSSR count). The summed E-state index contributed by atoms with van der Waals surface area (Å²) in [4.78, 5) is 0. The van der Waals surface area contributed by atoms with E-state index in [1.165, 1.54) is 0 Å². The molecule has 4 N–H and O–H groups in total. The number of aliphatic hydroxyl groups excluding tert-OH is 2. The zero-order valence-electron chi connectivity index (χ0n) is 9.02. The van der Waals surface area contributed by atoms with E-state index in [4.69, 9.17) is 10.2 Å². The topological polar surface area (TPSA) is 64.5 Å². The van der Waals surface area contributed by atoms with Gasteiger partial charge in [0.25, 0.3) is 0 Å². The molecule has 0 aliphatic rings. The zero-order chi connectivity index (χ0) is 10.5. The Hall–Kier alpha value is -0.160. The molecule has 0 fully saturated rings. The maximum atomic E-state index is 8.94. The van der Waals surface area contributed by atoms with Crippen LogP contribution in [-0.2, 0) is 0 Å². The van der Waals surface area contributed by atoms with Gasteiger partial charge in [-0.1, -0.05) is 14.9 Å². The molecule has 0 aromatic rings. The van der Waals surface area contributed by atoms with Crippen LogP contribution in [0.1, 0.15) is 42.5 Å². The van der Waals surface area contributed by atoms with Gasteiger partial charge in [0.1, 0.15) is 0 Å². The van der Waals surface area contributed by atoms with Gasteiger partial charge in [-0.3, -0.25) is 10.6 Å². The maximum Gasteiger partial charge on any atom is 0.0608 e. The highest BCUT2D eigenvalue weighted by Crippen LogP contribution is 2.01. The lowest BCUT2D eigenvalue weighted by molar-refractivity contribution is 0.159. The predicted octanol–water partition coefficient (Wildman–Crippen LogP) is 0.937. The summed E-state index contributed by atoms with van der Waals surface area (Å²) in [5.74, 6) is 0. The first-order chi connectivity index (χ1) is 5.83. The van der Waals surface area contributed by atoms with E-state index in [0.29, 0.717) is 6.67 Å². The van der Waals surface area contributed by atoms with Gasteiger partial charge in [0, 0.05) is 17.7 Å². The van der Waals surface area contributed by atoms with Crippen LogP contribution in [0, 0.1) is 0 Å². The van der Waals surface area contributed by atoms with Crippen LogP contribution < -0.4 is 10.6 Å². The highest BCUT2D eigenvalue weighted by Gasteiger charge is 2.18. The minimum absolute atomic E-state index is 0. The second kappa shape index (κ2) is 8.05. The van der Waals surface area contributed by atoms with E-state index in [0.717, 1.165) is 0 Å². The van der Waals surface area contributed by atoms with Crippen LogP contribution in [0.3, 0.4) is 0 Å². The monoisotopic (exact) mass is 222 g/mol. The number of aliphatic hydroxyl groups is 2. The summed E-state index contributed by atoms with van der Waals surface area (Å²) in [5.41, 5.74) is -0.558. The first kappa shape index (κ1) is 20.3.